The third-order valence-corrected chi connectivity index (χ3v) is 7.24. The van der Waals surface area contributed by atoms with E-state index in [4.69, 9.17) is 9.26 Å². The Bertz CT molecular complexity index is 892. The molecule has 1 aliphatic heterocycles. The Morgan fingerprint density at radius 2 is 2.07 bits per heavy atom. The molecule has 7 nitrogen and oxygen atoms in total. The summed E-state index contributed by atoms with van der Waals surface area (Å²) in [5.41, 5.74) is 0.757. The van der Waals surface area contributed by atoms with Crippen LogP contribution in [0.1, 0.15) is 42.5 Å². The standard InChI is InChI=1S/C19H25N3O4S/c1-14-4-2-3-5-17(14)27(23,24)22-10-8-16(12-22)19-20-18(21-26-19)9-11-25-13-15-6-7-15/h2-5,15-16H,6-13H2,1H3. The first-order chi connectivity index (χ1) is 13.0. The summed E-state index contributed by atoms with van der Waals surface area (Å²) in [6, 6.07) is 7.07. The average Bonchev–Trinajstić information content (AvgIpc) is 3.14. The van der Waals surface area contributed by atoms with Crippen LogP contribution in [0.3, 0.4) is 0 Å². The molecule has 8 heteroatoms. The van der Waals surface area contributed by atoms with Gasteiger partial charge in [0.05, 0.1) is 17.4 Å². The third kappa shape index (κ3) is 4.23. The van der Waals surface area contributed by atoms with Gasteiger partial charge in [-0.2, -0.15) is 9.29 Å². The second-order valence-corrected chi connectivity index (χ2v) is 9.34. The van der Waals surface area contributed by atoms with E-state index in [-0.39, 0.29) is 5.92 Å². The lowest BCUT2D eigenvalue weighted by Crippen LogP contribution is -2.29. The van der Waals surface area contributed by atoms with Gasteiger partial charge in [-0.1, -0.05) is 23.4 Å². The van der Waals surface area contributed by atoms with Gasteiger partial charge in [0.25, 0.3) is 0 Å². The van der Waals surface area contributed by atoms with Crippen LogP contribution in [0.2, 0.25) is 0 Å². The Hall–Kier alpha value is -1.77. The SMILES string of the molecule is Cc1ccccc1S(=O)(=O)N1CCC(c2nc(CCOCC3CC3)no2)C1. The molecule has 0 N–H and O–H groups in total. The minimum atomic E-state index is -3.50. The molecule has 2 fully saturated rings. The normalized spacial score (nSPS) is 21.0. The minimum absolute atomic E-state index is 0.0579. The van der Waals surface area contributed by atoms with E-state index in [1.165, 1.54) is 17.1 Å². The first-order valence-electron chi connectivity index (χ1n) is 9.50. The average molecular weight is 391 g/mol. The Balaban J connectivity index is 1.36. The highest BCUT2D eigenvalue weighted by molar-refractivity contribution is 7.89. The number of sulfonamides is 1. The summed E-state index contributed by atoms with van der Waals surface area (Å²) in [6.07, 6.45) is 3.85. The Morgan fingerprint density at radius 3 is 2.85 bits per heavy atom. The van der Waals surface area contributed by atoms with Gasteiger partial charge in [-0.25, -0.2) is 8.42 Å². The zero-order valence-corrected chi connectivity index (χ0v) is 16.3. The molecule has 1 saturated carbocycles. The van der Waals surface area contributed by atoms with Crippen molar-refractivity contribution in [1.29, 1.82) is 0 Å². The van der Waals surface area contributed by atoms with E-state index < -0.39 is 10.0 Å². The second-order valence-electron chi connectivity index (χ2n) is 7.43. The number of aromatic nitrogens is 2. The molecule has 2 heterocycles. The van der Waals surface area contributed by atoms with Crippen molar-refractivity contribution >= 4 is 10.0 Å². The van der Waals surface area contributed by atoms with Gasteiger partial charge in [0, 0.05) is 26.1 Å². The van der Waals surface area contributed by atoms with Gasteiger partial charge in [0.15, 0.2) is 5.82 Å². The third-order valence-electron chi connectivity index (χ3n) is 5.22. The molecule has 1 atom stereocenters. The predicted molar refractivity (Wildman–Crippen MR) is 98.8 cm³/mol. The zero-order valence-electron chi connectivity index (χ0n) is 15.5. The molecule has 2 aromatic rings. The molecular formula is C19H25N3O4S. The van der Waals surface area contributed by atoms with E-state index >= 15 is 0 Å². The van der Waals surface area contributed by atoms with Gasteiger partial charge in [-0.15, -0.1) is 0 Å². The molecule has 1 aromatic carbocycles. The van der Waals surface area contributed by atoms with Crippen molar-refractivity contribution in [2.45, 2.75) is 43.4 Å². The van der Waals surface area contributed by atoms with Gasteiger partial charge in [0.1, 0.15) is 0 Å². The fourth-order valence-electron chi connectivity index (χ4n) is 3.37. The van der Waals surface area contributed by atoms with E-state index in [2.05, 4.69) is 10.1 Å². The molecule has 0 radical (unpaired) electrons. The summed E-state index contributed by atoms with van der Waals surface area (Å²) in [5.74, 6) is 1.83. The van der Waals surface area contributed by atoms with Gasteiger partial charge >= 0.3 is 0 Å². The van der Waals surface area contributed by atoms with E-state index in [1.807, 2.05) is 19.1 Å². The first-order valence-corrected chi connectivity index (χ1v) is 10.9. The molecule has 0 amide bonds. The number of ether oxygens (including phenoxy) is 1. The van der Waals surface area contributed by atoms with Crippen LogP contribution in [-0.2, 0) is 21.2 Å². The van der Waals surface area contributed by atoms with E-state index in [9.17, 15) is 8.42 Å². The van der Waals surface area contributed by atoms with Crippen molar-refractivity contribution in [1.82, 2.24) is 14.4 Å². The summed E-state index contributed by atoms with van der Waals surface area (Å²) in [5, 5.41) is 4.02. The predicted octanol–water partition coefficient (Wildman–Crippen LogP) is 2.53. The van der Waals surface area contributed by atoms with Gasteiger partial charge < -0.3 is 9.26 Å². The largest absolute Gasteiger partial charge is 0.381 e. The van der Waals surface area contributed by atoms with Crippen molar-refractivity contribution in [2.75, 3.05) is 26.3 Å². The zero-order chi connectivity index (χ0) is 18.9. The number of rotatable bonds is 8. The monoisotopic (exact) mass is 391 g/mol. The molecule has 1 aliphatic carbocycles. The number of nitrogens with zero attached hydrogens (tertiary/aromatic N) is 3. The lowest BCUT2D eigenvalue weighted by Gasteiger charge is -2.17. The fraction of sp³-hybridized carbons (Fsp3) is 0.579. The summed E-state index contributed by atoms with van der Waals surface area (Å²) in [6.45, 7) is 4.06. The molecular weight excluding hydrogens is 366 g/mol. The lowest BCUT2D eigenvalue weighted by atomic mass is 10.1. The highest BCUT2D eigenvalue weighted by atomic mass is 32.2. The minimum Gasteiger partial charge on any atom is -0.381 e. The molecule has 1 aromatic heterocycles. The number of hydrogen-bond donors (Lipinski definition) is 0. The maximum absolute atomic E-state index is 12.9. The van der Waals surface area contributed by atoms with Crippen LogP contribution in [0.4, 0.5) is 0 Å². The molecule has 0 bridgehead atoms. The molecule has 0 spiro atoms. The summed E-state index contributed by atoms with van der Waals surface area (Å²) in [4.78, 5) is 4.82. The quantitative estimate of drug-likeness (QED) is 0.643. The molecule has 1 unspecified atom stereocenters. The smallest absolute Gasteiger partial charge is 0.243 e. The van der Waals surface area contributed by atoms with Crippen molar-refractivity contribution in [3.63, 3.8) is 0 Å². The van der Waals surface area contributed by atoms with Crippen LogP contribution in [0.25, 0.3) is 0 Å². The number of hydrogen-bond acceptors (Lipinski definition) is 6. The first kappa shape index (κ1) is 18.6. The van der Waals surface area contributed by atoms with Crippen LogP contribution in [-0.4, -0.2) is 49.2 Å². The maximum atomic E-state index is 12.9. The van der Waals surface area contributed by atoms with Gasteiger partial charge in [-0.3, -0.25) is 0 Å². The fourth-order valence-corrected chi connectivity index (χ4v) is 5.09. The highest BCUT2D eigenvalue weighted by Crippen LogP contribution is 2.31. The Morgan fingerprint density at radius 1 is 1.26 bits per heavy atom. The van der Waals surface area contributed by atoms with E-state index in [0.29, 0.717) is 49.1 Å². The molecule has 2 aliphatic rings. The molecule has 146 valence electrons. The lowest BCUT2D eigenvalue weighted by molar-refractivity contribution is 0.125. The van der Waals surface area contributed by atoms with Crippen LogP contribution in [0, 0.1) is 12.8 Å². The molecule has 27 heavy (non-hydrogen) atoms. The van der Waals surface area contributed by atoms with Crippen molar-refractivity contribution in [3.05, 3.63) is 41.5 Å². The Kier molecular flexibility index (Phi) is 5.29. The Labute approximate surface area is 159 Å². The van der Waals surface area contributed by atoms with Crippen molar-refractivity contribution < 1.29 is 17.7 Å². The highest BCUT2D eigenvalue weighted by Gasteiger charge is 2.36. The van der Waals surface area contributed by atoms with Crippen molar-refractivity contribution in [3.8, 4) is 0 Å². The summed E-state index contributed by atoms with van der Waals surface area (Å²) in [7, 11) is -3.50. The van der Waals surface area contributed by atoms with Crippen LogP contribution >= 0.6 is 0 Å². The summed E-state index contributed by atoms with van der Waals surface area (Å²) < 4.78 is 38.3. The van der Waals surface area contributed by atoms with Gasteiger partial charge in [0.2, 0.25) is 15.9 Å². The van der Waals surface area contributed by atoms with Gasteiger partial charge in [-0.05, 0) is 43.7 Å². The maximum Gasteiger partial charge on any atom is 0.243 e. The number of aryl methyl sites for hydroxylation is 1. The molecule has 1 saturated heterocycles. The van der Waals surface area contributed by atoms with Crippen molar-refractivity contribution in [2.24, 2.45) is 5.92 Å². The number of benzene rings is 1. The van der Waals surface area contributed by atoms with Crippen LogP contribution in [0.15, 0.2) is 33.7 Å². The van der Waals surface area contributed by atoms with Crippen LogP contribution in [0.5, 0.6) is 0 Å². The molecule has 4 rings (SSSR count). The second kappa shape index (κ2) is 7.69. The van der Waals surface area contributed by atoms with Crippen LogP contribution < -0.4 is 0 Å². The summed E-state index contributed by atoms with van der Waals surface area (Å²) >= 11 is 0. The topological polar surface area (TPSA) is 85.5 Å². The van der Waals surface area contributed by atoms with E-state index in [0.717, 1.165) is 18.1 Å². The van der Waals surface area contributed by atoms with E-state index in [1.54, 1.807) is 12.1 Å².